The molecule has 32 heavy (non-hydrogen) atoms. The summed E-state index contributed by atoms with van der Waals surface area (Å²) in [7, 11) is 3.79. The van der Waals surface area contributed by atoms with E-state index in [1.807, 2.05) is 6.07 Å². The summed E-state index contributed by atoms with van der Waals surface area (Å²) in [6.07, 6.45) is 13.4. The quantitative estimate of drug-likeness (QED) is 0.202. The number of aromatic nitrogens is 1. The van der Waals surface area contributed by atoms with Crippen LogP contribution in [0, 0.1) is 0 Å². The van der Waals surface area contributed by atoms with E-state index in [0.29, 0.717) is 11.5 Å². The maximum atomic E-state index is 12.3. The summed E-state index contributed by atoms with van der Waals surface area (Å²) in [6, 6.07) is 6.35. The zero-order valence-corrected chi connectivity index (χ0v) is 24.1. The Morgan fingerprint density at radius 2 is 1.56 bits per heavy atom. The fourth-order valence-electron chi connectivity index (χ4n) is 6.26. The molecule has 0 saturated heterocycles. The van der Waals surface area contributed by atoms with Crippen molar-refractivity contribution in [2.45, 2.75) is 104 Å². The molecule has 0 N–H and O–H groups in total. The number of hydrogen-bond acceptors (Lipinski definition) is 2. The number of unbranched alkanes of at least 4 members (excludes halogenated alkanes) is 3. The topological polar surface area (TPSA) is 31.2 Å². The van der Waals surface area contributed by atoms with Crippen molar-refractivity contribution in [3.8, 4) is 0 Å². The van der Waals surface area contributed by atoms with Gasteiger partial charge in [0.2, 0.25) is 0 Å². The number of ether oxygens (including phenoxy) is 1. The third-order valence-electron chi connectivity index (χ3n) is 7.95. The van der Waals surface area contributed by atoms with E-state index in [2.05, 4.69) is 44.5 Å². The van der Waals surface area contributed by atoms with Crippen LogP contribution in [0.25, 0.3) is 10.9 Å². The van der Waals surface area contributed by atoms with Crippen LogP contribution >= 0.6 is 0 Å². The van der Waals surface area contributed by atoms with Crippen LogP contribution in [0.1, 0.15) is 107 Å². The summed E-state index contributed by atoms with van der Waals surface area (Å²) in [5.74, 6) is 0.480. The number of benzene rings is 1. The molecule has 1 aliphatic carbocycles. The molecule has 1 fully saturated rings. The first-order valence-corrected chi connectivity index (χ1v) is 20.7. The molecule has 2 aromatic rings. The van der Waals surface area contributed by atoms with Gasteiger partial charge in [0.25, 0.3) is 0 Å². The van der Waals surface area contributed by atoms with Gasteiger partial charge in [0.1, 0.15) is 0 Å². The number of rotatable bonds is 12. The Hall–Kier alpha value is -0.971. The van der Waals surface area contributed by atoms with E-state index in [1.165, 1.54) is 95.5 Å². The van der Waals surface area contributed by atoms with Crippen molar-refractivity contribution in [3.05, 3.63) is 29.3 Å². The van der Waals surface area contributed by atoms with E-state index < -0.39 is 18.4 Å². The Balaban J connectivity index is 2.28. The Morgan fingerprint density at radius 3 is 2.06 bits per heavy atom. The minimum atomic E-state index is -2.66. The van der Waals surface area contributed by atoms with Gasteiger partial charge < -0.3 is 0 Å². The molecule has 1 aromatic heterocycles. The number of fused-ring (bicyclic) bond motifs is 1. The first kappa shape index (κ1) is 25.6. The molecule has 0 atom stereocenters. The minimum absolute atomic E-state index is 0.227. The Kier molecular flexibility index (Phi) is 9.57. The van der Waals surface area contributed by atoms with Gasteiger partial charge in [-0.2, -0.15) is 0 Å². The number of carbonyl (C=O) groups excluding carboxylic acids is 1. The summed E-state index contributed by atoms with van der Waals surface area (Å²) in [5, 5.41) is 1.42. The van der Waals surface area contributed by atoms with Gasteiger partial charge in [-0.25, -0.2) is 0 Å². The van der Waals surface area contributed by atoms with Gasteiger partial charge in [0, 0.05) is 0 Å². The van der Waals surface area contributed by atoms with E-state index in [4.69, 9.17) is 4.74 Å². The van der Waals surface area contributed by atoms with Gasteiger partial charge in [0.15, 0.2) is 0 Å². The maximum absolute atomic E-state index is 12.3. The van der Waals surface area contributed by atoms with Gasteiger partial charge in [-0.15, -0.1) is 0 Å². The first-order valence-electron chi connectivity index (χ1n) is 13.2. The molecule has 1 aliphatic rings. The molecule has 0 radical (unpaired) electrons. The van der Waals surface area contributed by atoms with Crippen LogP contribution in [0.3, 0.4) is 0 Å². The van der Waals surface area contributed by atoms with Crippen molar-refractivity contribution < 1.29 is 9.53 Å². The average Bonchev–Trinajstić information content (AvgIpc) is 3.45. The molecule has 1 aromatic carbocycles. The van der Waals surface area contributed by atoms with E-state index in [-0.39, 0.29) is 5.97 Å². The van der Waals surface area contributed by atoms with Gasteiger partial charge >= 0.3 is 201 Å². The van der Waals surface area contributed by atoms with Crippen molar-refractivity contribution in [3.63, 3.8) is 0 Å². The van der Waals surface area contributed by atoms with Crippen LogP contribution in [-0.4, -0.2) is 36.0 Å². The second-order valence-electron chi connectivity index (χ2n) is 10.1. The molecule has 0 aliphatic heterocycles. The van der Waals surface area contributed by atoms with Crippen LogP contribution in [0.5, 0.6) is 0 Å². The van der Waals surface area contributed by atoms with Gasteiger partial charge in [-0.3, -0.25) is 0 Å². The molecule has 0 spiro atoms. The Labute approximate surface area is 200 Å². The molecule has 0 bridgehead atoms. The third kappa shape index (κ3) is 5.23. The molecule has 1 heterocycles. The van der Waals surface area contributed by atoms with Gasteiger partial charge in [-0.05, 0) is 0 Å². The predicted molar refractivity (Wildman–Crippen MR) is 140 cm³/mol. The van der Waals surface area contributed by atoms with Crippen LogP contribution in [0.2, 0.25) is 13.3 Å². The molecule has 1 saturated carbocycles. The van der Waals surface area contributed by atoms with Crippen molar-refractivity contribution in [1.29, 1.82) is 0 Å². The molecule has 0 amide bonds. The molecular formula is C28H45NO2Sn. The Morgan fingerprint density at radius 1 is 1.00 bits per heavy atom. The normalized spacial score (nSPS) is 15.0. The average molecular weight is 546 g/mol. The molecule has 0 unspecified atom stereocenters. The summed E-state index contributed by atoms with van der Waals surface area (Å²) in [5.41, 5.74) is 3.65. The molecular weight excluding hydrogens is 501 g/mol. The number of carbonyl (C=O) groups is 1. The van der Waals surface area contributed by atoms with E-state index in [9.17, 15) is 4.79 Å². The zero-order chi connectivity index (χ0) is 23.1. The van der Waals surface area contributed by atoms with Crippen molar-refractivity contribution in [2.75, 3.05) is 7.11 Å². The number of esters is 1. The van der Waals surface area contributed by atoms with Crippen molar-refractivity contribution >= 4 is 39.0 Å². The van der Waals surface area contributed by atoms with Crippen LogP contribution in [0.15, 0.2) is 18.2 Å². The molecule has 3 nitrogen and oxygen atoms in total. The fourth-order valence-corrected chi connectivity index (χ4v) is 24.2. The second-order valence-corrected chi connectivity index (χ2v) is 23.1. The molecule has 178 valence electrons. The monoisotopic (exact) mass is 547 g/mol. The fraction of sp³-hybridized carbons (Fsp3) is 0.679. The zero-order valence-electron chi connectivity index (χ0n) is 21.3. The van der Waals surface area contributed by atoms with Crippen molar-refractivity contribution in [1.82, 2.24) is 4.57 Å². The van der Waals surface area contributed by atoms with Crippen molar-refractivity contribution in [2.24, 2.45) is 7.05 Å². The number of aryl methyl sites for hydroxylation is 1. The van der Waals surface area contributed by atoms with E-state index >= 15 is 0 Å². The third-order valence-corrected chi connectivity index (χ3v) is 23.8. The van der Waals surface area contributed by atoms with Crippen LogP contribution < -0.4 is 3.71 Å². The second kappa shape index (κ2) is 11.9. The van der Waals surface area contributed by atoms with Crippen LogP contribution in [0.4, 0.5) is 0 Å². The summed E-state index contributed by atoms with van der Waals surface area (Å²) in [4.78, 5) is 12.3. The predicted octanol–water partition coefficient (Wildman–Crippen LogP) is 7.68. The number of nitrogens with zero attached hydrogens (tertiary/aromatic N) is 1. The molecule has 4 heteroatoms. The Bertz CT molecular complexity index is 873. The van der Waals surface area contributed by atoms with Gasteiger partial charge in [-0.1, -0.05) is 0 Å². The summed E-state index contributed by atoms with van der Waals surface area (Å²) in [6.45, 7) is 7.08. The SMILES string of the molecule is CCC[CH2][Sn]([CH2]CCC)([CH2]CCC)[c]1c(C2CCCC2)c2ccc(C(=O)OC)cc2n1C. The van der Waals surface area contributed by atoms with Gasteiger partial charge in [0.05, 0.1) is 0 Å². The van der Waals surface area contributed by atoms with E-state index in [0.717, 1.165) is 0 Å². The molecule has 3 rings (SSSR count). The summed E-state index contributed by atoms with van der Waals surface area (Å²) >= 11 is -2.66. The number of hydrogen-bond donors (Lipinski definition) is 0. The van der Waals surface area contributed by atoms with Crippen LogP contribution in [-0.2, 0) is 11.8 Å². The van der Waals surface area contributed by atoms with E-state index in [1.54, 1.807) is 9.27 Å². The first-order chi connectivity index (χ1) is 15.5. The number of methoxy groups -OCH3 is 1. The standard InChI is InChI=1S/C16H18NO2.3C4H9.Sn/c1-17-10-14(11-5-3-4-6-11)13-8-7-12(9-15(13)17)16(18)19-2;3*1-3-4-2;/h7-9,11H,3-6H2,1-2H3;3*1,3-4H2,2H3;. The summed E-state index contributed by atoms with van der Waals surface area (Å²) < 4.78 is 13.9.